The third-order valence-corrected chi connectivity index (χ3v) is 4.64. The summed E-state index contributed by atoms with van der Waals surface area (Å²) in [6.07, 6.45) is -0.108. The Kier molecular flexibility index (Phi) is 5.64. The minimum absolute atomic E-state index is 0.108. The minimum Gasteiger partial charge on any atom is -0.379 e. The molecule has 3 nitrogen and oxygen atoms in total. The van der Waals surface area contributed by atoms with Gasteiger partial charge in [-0.1, -0.05) is 36.4 Å². The van der Waals surface area contributed by atoms with Crippen LogP contribution in [0.25, 0.3) is 11.1 Å². The van der Waals surface area contributed by atoms with Crippen molar-refractivity contribution in [3.05, 3.63) is 59.9 Å². The van der Waals surface area contributed by atoms with E-state index in [9.17, 15) is 4.39 Å². The summed E-state index contributed by atoms with van der Waals surface area (Å²) in [5.74, 6) is -0.234. The summed E-state index contributed by atoms with van der Waals surface area (Å²) >= 11 is 0. The second kappa shape index (κ2) is 7.47. The molecule has 0 radical (unpaired) electrons. The minimum atomic E-state index is -2.05. The van der Waals surface area contributed by atoms with Crippen LogP contribution in [0.3, 0.4) is 0 Å². The molecule has 0 heterocycles. The van der Waals surface area contributed by atoms with Crippen LogP contribution in [0, 0.1) is 5.82 Å². The predicted octanol–water partition coefficient (Wildman–Crippen LogP) is 3.58. The van der Waals surface area contributed by atoms with Gasteiger partial charge in [0.25, 0.3) is 0 Å². The van der Waals surface area contributed by atoms with Crippen molar-refractivity contribution in [1.82, 2.24) is 0 Å². The van der Waals surface area contributed by atoms with Crippen molar-refractivity contribution < 1.29 is 17.7 Å². The molecule has 0 saturated heterocycles. The van der Waals surface area contributed by atoms with E-state index in [0.717, 1.165) is 16.7 Å². The molecular weight excluding hydrogens is 287 g/mol. The topological polar surface area (TPSA) is 27.7 Å². The van der Waals surface area contributed by atoms with Gasteiger partial charge in [-0.25, -0.2) is 4.39 Å². The lowest BCUT2D eigenvalue weighted by Crippen LogP contribution is -2.25. The lowest BCUT2D eigenvalue weighted by atomic mass is 10.0. The van der Waals surface area contributed by atoms with Crippen LogP contribution in [0.1, 0.15) is 18.6 Å². The smallest absolute Gasteiger partial charge is 0.379 e. The van der Waals surface area contributed by atoms with Crippen LogP contribution in [0.15, 0.2) is 48.5 Å². The summed E-state index contributed by atoms with van der Waals surface area (Å²) < 4.78 is 29.3. The maximum atomic E-state index is 13.2. The van der Waals surface area contributed by atoms with Crippen molar-refractivity contribution in [1.29, 1.82) is 0 Å². The largest absolute Gasteiger partial charge is 0.484 e. The van der Waals surface area contributed by atoms with Crippen LogP contribution in [-0.4, -0.2) is 23.7 Å². The van der Waals surface area contributed by atoms with E-state index in [1.165, 1.54) is 12.1 Å². The Morgan fingerprint density at radius 3 is 2.19 bits per heavy atom. The van der Waals surface area contributed by atoms with Gasteiger partial charge < -0.3 is 13.3 Å². The maximum absolute atomic E-state index is 13.2. The van der Waals surface area contributed by atoms with E-state index in [4.69, 9.17) is 13.3 Å². The number of hydrogen-bond donors (Lipinski definition) is 0. The van der Waals surface area contributed by atoms with E-state index >= 15 is 0 Å². The standard InChI is InChI=1S/C16H19FO3Si/c1-12(20-21(18-2)19-3)13-7-9-14(10-8-13)15-5-4-6-16(17)11-15/h4-12,21H,1-3H3. The first kappa shape index (κ1) is 15.8. The van der Waals surface area contributed by atoms with Crippen LogP contribution in [0.4, 0.5) is 4.39 Å². The van der Waals surface area contributed by atoms with Gasteiger partial charge in [-0.3, -0.25) is 0 Å². The molecule has 112 valence electrons. The molecule has 1 atom stereocenters. The van der Waals surface area contributed by atoms with Crippen molar-refractivity contribution in [3.8, 4) is 11.1 Å². The molecule has 0 bridgehead atoms. The van der Waals surface area contributed by atoms with Gasteiger partial charge in [-0.05, 0) is 35.7 Å². The highest BCUT2D eigenvalue weighted by molar-refractivity contribution is 6.36. The molecule has 0 saturated carbocycles. The predicted molar refractivity (Wildman–Crippen MR) is 82.5 cm³/mol. The monoisotopic (exact) mass is 306 g/mol. The van der Waals surface area contributed by atoms with Crippen LogP contribution >= 0.6 is 0 Å². The van der Waals surface area contributed by atoms with Crippen LogP contribution in [0.5, 0.6) is 0 Å². The average Bonchev–Trinajstić information content (AvgIpc) is 2.52. The van der Waals surface area contributed by atoms with E-state index in [-0.39, 0.29) is 11.9 Å². The van der Waals surface area contributed by atoms with E-state index in [2.05, 4.69) is 0 Å². The highest BCUT2D eigenvalue weighted by Crippen LogP contribution is 2.24. The Labute approximate surface area is 126 Å². The van der Waals surface area contributed by atoms with Gasteiger partial charge in [0.2, 0.25) is 0 Å². The van der Waals surface area contributed by atoms with Crippen molar-refractivity contribution in [2.24, 2.45) is 0 Å². The van der Waals surface area contributed by atoms with Gasteiger partial charge in [0.1, 0.15) is 5.82 Å². The van der Waals surface area contributed by atoms with Gasteiger partial charge in [0.15, 0.2) is 0 Å². The third-order valence-electron chi connectivity index (χ3n) is 3.24. The molecule has 2 aromatic rings. The quantitative estimate of drug-likeness (QED) is 0.764. The lowest BCUT2D eigenvalue weighted by Gasteiger charge is -2.18. The highest BCUT2D eigenvalue weighted by Gasteiger charge is 2.16. The Balaban J connectivity index is 2.11. The molecule has 5 heteroatoms. The molecule has 2 rings (SSSR count). The molecule has 21 heavy (non-hydrogen) atoms. The van der Waals surface area contributed by atoms with E-state index in [1.807, 2.05) is 37.3 Å². The van der Waals surface area contributed by atoms with Crippen molar-refractivity contribution in [3.63, 3.8) is 0 Å². The highest BCUT2D eigenvalue weighted by atomic mass is 28.3. The van der Waals surface area contributed by atoms with Gasteiger partial charge in [-0.15, -0.1) is 0 Å². The zero-order valence-corrected chi connectivity index (χ0v) is 13.5. The third kappa shape index (κ3) is 4.22. The first-order valence-electron chi connectivity index (χ1n) is 6.71. The second-order valence-corrected chi connectivity index (χ2v) is 6.46. The summed E-state index contributed by atoms with van der Waals surface area (Å²) in [6, 6.07) is 14.4. The van der Waals surface area contributed by atoms with Gasteiger partial charge in [0.05, 0.1) is 6.10 Å². The maximum Gasteiger partial charge on any atom is 0.484 e. The van der Waals surface area contributed by atoms with Crippen LogP contribution in [-0.2, 0) is 13.3 Å². The van der Waals surface area contributed by atoms with E-state index < -0.39 is 9.53 Å². The number of rotatable bonds is 6. The zero-order chi connectivity index (χ0) is 15.2. The molecule has 1 unspecified atom stereocenters. The van der Waals surface area contributed by atoms with Gasteiger partial charge in [-0.2, -0.15) is 0 Å². The number of hydrogen-bond acceptors (Lipinski definition) is 3. The van der Waals surface area contributed by atoms with Crippen molar-refractivity contribution in [2.75, 3.05) is 14.2 Å². The molecular formula is C16H19FO3Si. The number of benzene rings is 2. The zero-order valence-electron chi connectivity index (χ0n) is 12.4. The van der Waals surface area contributed by atoms with Crippen molar-refractivity contribution in [2.45, 2.75) is 13.0 Å². The summed E-state index contributed by atoms with van der Waals surface area (Å²) in [4.78, 5) is 0. The fraction of sp³-hybridized carbons (Fsp3) is 0.250. The Bertz CT molecular complexity index is 570. The fourth-order valence-electron chi connectivity index (χ4n) is 2.07. The molecule has 0 aliphatic rings. The first-order valence-corrected chi connectivity index (χ1v) is 8.12. The Morgan fingerprint density at radius 1 is 0.952 bits per heavy atom. The molecule has 0 N–H and O–H groups in total. The molecule has 0 fully saturated rings. The van der Waals surface area contributed by atoms with Crippen molar-refractivity contribution >= 4 is 9.53 Å². The SMILES string of the molecule is CO[SiH](OC)OC(C)c1ccc(-c2cccc(F)c2)cc1. The normalized spacial score (nSPS) is 12.6. The molecule has 2 aromatic carbocycles. The summed E-state index contributed by atoms with van der Waals surface area (Å²) in [5, 5.41) is 0. The number of halogens is 1. The summed E-state index contributed by atoms with van der Waals surface area (Å²) in [5.41, 5.74) is 2.86. The van der Waals surface area contributed by atoms with Gasteiger partial charge in [0, 0.05) is 14.2 Å². The molecule has 0 aliphatic carbocycles. The fourth-order valence-corrected chi connectivity index (χ4v) is 2.97. The average molecular weight is 306 g/mol. The first-order chi connectivity index (χ1) is 10.1. The molecule has 0 spiro atoms. The Hall–Kier alpha value is -1.53. The van der Waals surface area contributed by atoms with E-state index in [1.54, 1.807) is 20.3 Å². The molecule has 0 aliphatic heterocycles. The molecule has 0 aromatic heterocycles. The second-order valence-electron chi connectivity index (χ2n) is 4.67. The molecule has 0 amide bonds. The van der Waals surface area contributed by atoms with Gasteiger partial charge >= 0.3 is 9.53 Å². The lowest BCUT2D eigenvalue weighted by molar-refractivity contribution is 0.0951. The van der Waals surface area contributed by atoms with Crippen LogP contribution in [0.2, 0.25) is 0 Å². The Morgan fingerprint density at radius 2 is 1.62 bits per heavy atom. The summed E-state index contributed by atoms with van der Waals surface area (Å²) in [6.45, 7) is 1.95. The summed E-state index contributed by atoms with van der Waals surface area (Å²) in [7, 11) is 1.12. The van der Waals surface area contributed by atoms with E-state index in [0.29, 0.717) is 0 Å². The van der Waals surface area contributed by atoms with Crippen LogP contribution < -0.4 is 0 Å².